The first-order chi connectivity index (χ1) is 17.3. The number of aryl methyl sites for hydroxylation is 1. The SMILES string of the molecule is COc1cc([C@@H]2Nc3c(C)cc([N+](=O)[O-])cc3[C@@H]3C=CC[C@@H]32)cc(Br)c1OCc1ccc(Cl)c(Cl)c1. The molecule has 3 aromatic carbocycles. The van der Waals surface area contributed by atoms with Crippen LogP contribution in [0.25, 0.3) is 0 Å². The minimum absolute atomic E-state index is 0.00743. The molecule has 1 N–H and O–H groups in total. The van der Waals surface area contributed by atoms with Gasteiger partial charge < -0.3 is 14.8 Å². The Kier molecular flexibility index (Phi) is 6.90. The normalized spacial score (nSPS) is 19.9. The van der Waals surface area contributed by atoms with Gasteiger partial charge in [-0.2, -0.15) is 0 Å². The van der Waals surface area contributed by atoms with Crippen LogP contribution in [-0.4, -0.2) is 12.0 Å². The summed E-state index contributed by atoms with van der Waals surface area (Å²) in [6, 6.07) is 12.8. The number of nitro benzene ring substituents is 1. The molecule has 0 aromatic heterocycles. The van der Waals surface area contributed by atoms with Gasteiger partial charge in [-0.3, -0.25) is 10.1 Å². The van der Waals surface area contributed by atoms with Crippen molar-refractivity contribution in [2.75, 3.05) is 12.4 Å². The van der Waals surface area contributed by atoms with Gasteiger partial charge >= 0.3 is 0 Å². The highest BCUT2D eigenvalue weighted by Gasteiger charge is 2.40. The highest BCUT2D eigenvalue weighted by Crippen LogP contribution is 2.52. The Bertz CT molecular complexity index is 1390. The number of allylic oxidation sites excluding steroid dienone is 2. The number of nitrogens with zero attached hydrogens (tertiary/aromatic N) is 1. The van der Waals surface area contributed by atoms with E-state index in [4.69, 9.17) is 32.7 Å². The quantitative estimate of drug-likeness (QED) is 0.177. The van der Waals surface area contributed by atoms with Crippen molar-refractivity contribution < 1.29 is 14.4 Å². The first-order valence-electron chi connectivity index (χ1n) is 11.4. The third-order valence-corrected chi connectivity index (χ3v) is 8.17. The summed E-state index contributed by atoms with van der Waals surface area (Å²) in [5.74, 6) is 1.52. The number of ether oxygens (including phenoxy) is 2. The smallest absolute Gasteiger partial charge is 0.270 e. The molecule has 6 nitrogen and oxygen atoms in total. The van der Waals surface area contributed by atoms with Crippen LogP contribution in [0.1, 0.15) is 40.6 Å². The maximum atomic E-state index is 11.5. The highest BCUT2D eigenvalue weighted by molar-refractivity contribution is 9.10. The Hall–Kier alpha value is -2.74. The van der Waals surface area contributed by atoms with Crippen molar-refractivity contribution in [3.63, 3.8) is 0 Å². The number of hydrogen-bond acceptors (Lipinski definition) is 5. The number of methoxy groups -OCH3 is 1. The van der Waals surface area contributed by atoms with Crippen molar-refractivity contribution in [3.8, 4) is 11.5 Å². The van der Waals surface area contributed by atoms with E-state index in [0.717, 1.165) is 38.8 Å². The van der Waals surface area contributed by atoms with Crippen LogP contribution in [0.15, 0.2) is 59.1 Å². The second kappa shape index (κ2) is 9.96. The van der Waals surface area contributed by atoms with Crippen molar-refractivity contribution >= 4 is 50.5 Å². The number of nitro groups is 1. The fourth-order valence-corrected chi connectivity index (χ4v) is 6.04. The van der Waals surface area contributed by atoms with Gasteiger partial charge in [-0.1, -0.05) is 41.4 Å². The van der Waals surface area contributed by atoms with E-state index >= 15 is 0 Å². The Morgan fingerprint density at radius 2 is 1.97 bits per heavy atom. The third-order valence-electron chi connectivity index (χ3n) is 6.84. The molecule has 0 spiro atoms. The van der Waals surface area contributed by atoms with Crippen molar-refractivity contribution in [1.29, 1.82) is 0 Å². The van der Waals surface area contributed by atoms with Crippen LogP contribution < -0.4 is 14.8 Å². The summed E-state index contributed by atoms with van der Waals surface area (Å²) >= 11 is 15.8. The minimum Gasteiger partial charge on any atom is -0.493 e. The van der Waals surface area contributed by atoms with Crippen molar-refractivity contribution in [2.45, 2.75) is 31.9 Å². The molecule has 0 radical (unpaired) electrons. The number of hydrogen-bond donors (Lipinski definition) is 1. The second-order valence-electron chi connectivity index (χ2n) is 9.03. The van der Waals surface area contributed by atoms with Crippen LogP contribution in [0.2, 0.25) is 10.0 Å². The molecule has 9 heteroatoms. The summed E-state index contributed by atoms with van der Waals surface area (Å²) in [6.45, 7) is 2.21. The highest BCUT2D eigenvalue weighted by atomic mass is 79.9. The van der Waals surface area contributed by atoms with Crippen LogP contribution in [0.3, 0.4) is 0 Å². The molecule has 0 fully saturated rings. The summed E-state index contributed by atoms with van der Waals surface area (Å²) in [5, 5.41) is 16.1. The van der Waals surface area contributed by atoms with E-state index in [1.54, 1.807) is 31.4 Å². The fourth-order valence-electron chi connectivity index (χ4n) is 5.15. The van der Waals surface area contributed by atoms with E-state index in [0.29, 0.717) is 28.2 Å². The van der Waals surface area contributed by atoms with Crippen LogP contribution >= 0.6 is 39.1 Å². The molecule has 0 amide bonds. The number of halogens is 3. The number of rotatable bonds is 6. The van der Waals surface area contributed by atoms with E-state index in [1.807, 2.05) is 25.1 Å². The van der Waals surface area contributed by atoms with Crippen LogP contribution in [-0.2, 0) is 6.61 Å². The maximum absolute atomic E-state index is 11.5. The number of non-ortho nitro benzene ring substituents is 1. The predicted octanol–water partition coefficient (Wildman–Crippen LogP) is 8.39. The summed E-state index contributed by atoms with van der Waals surface area (Å²) in [6.07, 6.45) is 5.20. The summed E-state index contributed by atoms with van der Waals surface area (Å²) in [4.78, 5) is 11.1. The Morgan fingerprint density at radius 1 is 1.17 bits per heavy atom. The van der Waals surface area contributed by atoms with Crippen LogP contribution in [0.5, 0.6) is 11.5 Å². The lowest BCUT2D eigenvalue weighted by molar-refractivity contribution is -0.385. The summed E-state index contributed by atoms with van der Waals surface area (Å²) in [5.41, 5.74) is 4.84. The van der Waals surface area contributed by atoms with Gasteiger partial charge in [0, 0.05) is 23.7 Å². The van der Waals surface area contributed by atoms with Crippen LogP contribution in [0.4, 0.5) is 11.4 Å². The molecule has 5 rings (SSSR count). The molecule has 36 heavy (non-hydrogen) atoms. The Morgan fingerprint density at radius 3 is 2.69 bits per heavy atom. The van der Waals surface area contributed by atoms with Crippen molar-refractivity contribution in [3.05, 3.63) is 102 Å². The average molecular weight is 590 g/mol. The van der Waals surface area contributed by atoms with Crippen molar-refractivity contribution in [1.82, 2.24) is 0 Å². The van der Waals surface area contributed by atoms with E-state index in [2.05, 4.69) is 33.4 Å². The lowest BCUT2D eigenvalue weighted by atomic mass is 9.76. The van der Waals surface area contributed by atoms with Crippen LogP contribution in [0, 0.1) is 23.0 Å². The van der Waals surface area contributed by atoms with Gasteiger partial charge in [0.1, 0.15) is 6.61 Å². The monoisotopic (exact) mass is 588 g/mol. The fraction of sp³-hybridized carbons (Fsp3) is 0.259. The van der Waals surface area contributed by atoms with Gasteiger partial charge in [-0.05, 0) is 81.7 Å². The number of nitrogens with one attached hydrogen (secondary N) is 1. The van der Waals surface area contributed by atoms with Gasteiger partial charge in [0.25, 0.3) is 5.69 Å². The molecule has 1 aliphatic heterocycles. The van der Waals surface area contributed by atoms with Crippen molar-refractivity contribution in [2.24, 2.45) is 5.92 Å². The largest absolute Gasteiger partial charge is 0.493 e. The molecular weight excluding hydrogens is 567 g/mol. The van der Waals surface area contributed by atoms with E-state index in [9.17, 15) is 10.1 Å². The topological polar surface area (TPSA) is 73.6 Å². The standard InChI is InChI=1S/C27H23BrCl2N2O4/c1-14-8-17(32(33)34)12-20-18-4-3-5-19(18)26(31-25(14)20)16-10-21(28)27(24(11-16)35-2)36-13-15-6-7-22(29)23(30)9-15/h3-4,6-12,18-19,26,31H,5,13H2,1-2H3/t18-,19+,26+/m1/s1. The zero-order valence-electron chi connectivity index (χ0n) is 19.6. The molecule has 2 aliphatic rings. The Labute approximate surface area is 227 Å². The molecule has 186 valence electrons. The lowest BCUT2D eigenvalue weighted by Crippen LogP contribution is -2.29. The number of anilines is 1. The number of fused-ring (bicyclic) bond motifs is 3. The first-order valence-corrected chi connectivity index (χ1v) is 13.0. The molecule has 0 saturated heterocycles. The summed E-state index contributed by atoms with van der Waals surface area (Å²) < 4.78 is 12.6. The second-order valence-corrected chi connectivity index (χ2v) is 10.7. The predicted molar refractivity (Wildman–Crippen MR) is 146 cm³/mol. The molecule has 0 bridgehead atoms. The average Bonchev–Trinajstić information content (AvgIpc) is 3.35. The first kappa shape index (κ1) is 24.9. The van der Waals surface area contributed by atoms with E-state index in [-0.39, 0.29) is 28.5 Å². The zero-order valence-corrected chi connectivity index (χ0v) is 22.7. The van der Waals surface area contributed by atoms with E-state index in [1.165, 1.54) is 0 Å². The van der Waals surface area contributed by atoms with Gasteiger partial charge in [0.15, 0.2) is 11.5 Å². The molecule has 3 aromatic rings. The number of benzene rings is 3. The molecule has 1 aliphatic carbocycles. The molecule has 0 unspecified atom stereocenters. The maximum Gasteiger partial charge on any atom is 0.270 e. The van der Waals surface area contributed by atoms with E-state index < -0.39 is 0 Å². The Balaban J connectivity index is 1.47. The van der Waals surface area contributed by atoms with Gasteiger partial charge in [-0.15, -0.1) is 0 Å². The molecule has 0 saturated carbocycles. The third kappa shape index (κ3) is 4.56. The van der Waals surface area contributed by atoms with Gasteiger partial charge in [0.2, 0.25) is 0 Å². The zero-order chi connectivity index (χ0) is 25.6. The van der Waals surface area contributed by atoms with Gasteiger partial charge in [0.05, 0.1) is 32.6 Å². The minimum atomic E-state index is -0.328. The summed E-state index contributed by atoms with van der Waals surface area (Å²) in [7, 11) is 1.62. The van der Waals surface area contributed by atoms with Gasteiger partial charge in [-0.25, -0.2) is 0 Å². The lowest BCUT2D eigenvalue weighted by Gasteiger charge is -2.38. The molecular formula is C27H23BrCl2N2O4. The molecule has 1 heterocycles. The molecule has 3 atom stereocenters.